The maximum atomic E-state index is 12.2. The Hall–Kier alpha value is -2.69. The Morgan fingerprint density at radius 1 is 1.11 bits per heavy atom. The molecule has 0 aliphatic heterocycles. The molecule has 1 N–H and O–H groups in total. The van der Waals surface area contributed by atoms with E-state index >= 15 is 0 Å². The molecule has 0 saturated carbocycles. The molecule has 1 amide bonds. The van der Waals surface area contributed by atoms with Crippen molar-refractivity contribution in [2.24, 2.45) is 5.92 Å². The van der Waals surface area contributed by atoms with Gasteiger partial charge in [0.15, 0.2) is 5.65 Å². The molecule has 2 heterocycles. The minimum Gasteiger partial charge on any atom is -0.356 e. The zero-order chi connectivity index (χ0) is 20.3. The van der Waals surface area contributed by atoms with E-state index in [0.29, 0.717) is 18.8 Å². The average molecular weight is 379 g/mol. The second-order valence-corrected chi connectivity index (χ2v) is 7.86. The smallest absolute Gasteiger partial charge is 0.220 e. The summed E-state index contributed by atoms with van der Waals surface area (Å²) in [5.41, 5.74) is 6.15. The number of carbonyl (C=O) groups excluding carboxylic acids is 1. The molecule has 28 heavy (non-hydrogen) atoms. The largest absolute Gasteiger partial charge is 0.356 e. The van der Waals surface area contributed by atoms with Crippen molar-refractivity contribution in [3.8, 4) is 5.69 Å². The summed E-state index contributed by atoms with van der Waals surface area (Å²) in [5.74, 6) is 0.705. The fraction of sp³-hybridized carbons (Fsp3) is 0.435. The summed E-state index contributed by atoms with van der Waals surface area (Å²) in [4.78, 5) is 17.1. The summed E-state index contributed by atoms with van der Waals surface area (Å²) in [6.45, 7) is 11.2. The van der Waals surface area contributed by atoms with E-state index < -0.39 is 0 Å². The van der Waals surface area contributed by atoms with E-state index in [4.69, 9.17) is 10.1 Å². The van der Waals surface area contributed by atoms with Gasteiger partial charge in [-0.15, -0.1) is 0 Å². The summed E-state index contributed by atoms with van der Waals surface area (Å²) in [5, 5.41) is 8.84. The van der Waals surface area contributed by atoms with Gasteiger partial charge in [0, 0.05) is 24.0 Å². The zero-order valence-corrected chi connectivity index (χ0v) is 17.5. The average Bonchev–Trinajstić information content (AvgIpc) is 2.98. The molecule has 0 aliphatic carbocycles. The highest BCUT2D eigenvalue weighted by atomic mass is 16.1. The number of hydrogen-bond donors (Lipinski definition) is 1. The SMILES string of the molecule is Cc1nc2c(c(C)nn2-c2ccccc2)c(C)c1CCC(=O)NCCC(C)C. The van der Waals surface area contributed by atoms with Crippen molar-refractivity contribution in [3.63, 3.8) is 0 Å². The first-order valence-corrected chi connectivity index (χ1v) is 10.1. The monoisotopic (exact) mass is 378 g/mol. The number of fused-ring (bicyclic) bond motifs is 1. The molecule has 5 heteroatoms. The molecule has 1 aromatic carbocycles. The Labute approximate surface area is 167 Å². The predicted octanol–water partition coefficient (Wildman–Crippen LogP) is 4.44. The van der Waals surface area contributed by atoms with Crippen LogP contribution in [0.15, 0.2) is 30.3 Å². The Balaban J connectivity index is 1.85. The van der Waals surface area contributed by atoms with Gasteiger partial charge in [-0.1, -0.05) is 32.0 Å². The van der Waals surface area contributed by atoms with Crippen molar-refractivity contribution in [3.05, 3.63) is 52.8 Å². The van der Waals surface area contributed by atoms with Gasteiger partial charge in [-0.2, -0.15) is 5.10 Å². The van der Waals surface area contributed by atoms with Crippen molar-refractivity contribution in [2.75, 3.05) is 6.54 Å². The van der Waals surface area contributed by atoms with Crippen LogP contribution in [0.3, 0.4) is 0 Å². The first-order chi connectivity index (χ1) is 13.4. The predicted molar refractivity (Wildman–Crippen MR) is 114 cm³/mol. The van der Waals surface area contributed by atoms with E-state index in [0.717, 1.165) is 46.6 Å². The molecule has 0 spiro atoms. The standard InChI is InChI=1S/C23H30N4O/c1-15(2)13-14-24-21(28)12-11-20-16(3)22-18(5)26-27(23(22)25-17(20)4)19-9-7-6-8-10-19/h6-10,15H,11-14H2,1-5H3,(H,24,28). The molecule has 5 nitrogen and oxygen atoms in total. The van der Waals surface area contributed by atoms with E-state index in [1.807, 2.05) is 48.9 Å². The lowest BCUT2D eigenvalue weighted by Crippen LogP contribution is -2.25. The minimum absolute atomic E-state index is 0.108. The van der Waals surface area contributed by atoms with Crippen molar-refractivity contribution in [1.29, 1.82) is 0 Å². The molecule has 0 radical (unpaired) electrons. The van der Waals surface area contributed by atoms with Crippen molar-refractivity contribution >= 4 is 16.9 Å². The molecule has 0 fully saturated rings. The molecule has 0 saturated heterocycles. The van der Waals surface area contributed by atoms with Gasteiger partial charge in [-0.05, 0) is 62.8 Å². The number of benzene rings is 1. The first kappa shape index (κ1) is 20.1. The Kier molecular flexibility index (Phi) is 6.12. The van der Waals surface area contributed by atoms with Crippen LogP contribution in [-0.2, 0) is 11.2 Å². The van der Waals surface area contributed by atoms with Crippen LogP contribution in [0, 0.1) is 26.7 Å². The normalized spacial score (nSPS) is 11.4. The summed E-state index contributed by atoms with van der Waals surface area (Å²) in [6.07, 6.45) is 2.19. The van der Waals surface area contributed by atoms with Gasteiger partial charge >= 0.3 is 0 Å². The van der Waals surface area contributed by atoms with Gasteiger partial charge in [-0.25, -0.2) is 9.67 Å². The maximum Gasteiger partial charge on any atom is 0.220 e. The number of nitrogens with zero attached hydrogens (tertiary/aromatic N) is 3. The number of nitrogens with one attached hydrogen (secondary N) is 1. The molecular formula is C23H30N4O. The molecule has 0 unspecified atom stereocenters. The van der Waals surface area contributed by atoms with Crippen LogP contribution in [0.25, 0.3) is 16.7 Å². The van der Waals surface area contributed by atoms with Gasteiger partial charge in [0.1, 0.15) is 0 Å². The highest BCUT2D eigenvalue weighted by molar-refractivity contribution is 5.85. The van der Waals surface area contributed by atoms with Gasteiger partial charge in [0.2, 0.25) is 5.91 Å². The molecule has 3 rings (SSSR count). The summed E-state index contributed by atoms with van der Waals surface area (Å²) in [6, 6.07) is 10.1. The van der Waals surface area contributed by atoms with Gasteiger partial charge in [0.25, 0.3) is 0 Å². The molecule has 3 aromatic rings. The van der Waals surface area contributed by atoms with Gasteiger partial charge in [-0.3, -0.25) is 4.79 Å². The van der Waals surface area contributed by atoms with E-state index in [2.05, 4.69) is 26.1 Å². The van der Waals surface area contributed by atoms with Gasteiger partial charge < -0.3 is 5.32 Å². The second kappa shape index (κ2) is 8.55. The first-order valence-electron chi connectivity index (χ1n) is 10.1. The van der Waals surface area contributed by atoms with Crippen LogP contribution in [0.1, 0.15) is 49.2 Å². The second-order valence-electron chi connectivity index (χ2n) is 7.86. The van der Waals surface area contributed by atoms with Gasteiger partial charge in [0.05, 0.1) is 11.4 Å². The van der Waals surface area contributed by atoms with E-state index in [1.165, 1.54) is 5.56 Å². The number of amides is 1. The Bertz CT molecular complexity index is 973. The summed E-state index contributed by atoms with van der Waals surface area (Å²) < 4.78 is 1.91. The fourth-order valence-corrected chi connectivity index (χ4v) is 3.65. The lowest BCUT2D eigenvalue weighted by atomic mass is 9.99. The third kappa shape index (κ3) is 4.24. The molecule has 0 aliphatic rings. The number of hydrogen-bond acceptors (Lipinski definition) is 3. The van der Waals surface area contributed by atoms with Crippen LogP contribution < -0.4 is 5.32 Å². The number of para-hydroxylation sites is 1. The molecule has 0 atom stereocenters. The lowest BCUT2D eigenvalue weighted by molar-refractivity contribution is -0.121. The number of rotatable bonds is 7. The quantitative estimate of drug-likeness (QED) is 0.661. The number of aryl methyl sites for hydroxylation is 3. The van der Waals surface area contributed by atoms with Crippen LogP contribution in [0.5, 0.6) is 0 Å². The number of carbonyl (C=O) groups is 1. The third-order valence-corrected chi connectivity index (χ3v) is 5.22. The Morgan fingerprint density at radius 3 is 2.50 bits per heavy atom. The molecule has 2 aromatic heterocycles. The maximum absolute atomic E-state index is 12.2. The number of pyridine rings is 1. The van der Waals surface area contributed by atoms with E-state index in [-0.39, 0.29) is 5.91 Å². The lowest BCUT2D eigenvalue weighted by Gasteiger charge is -2.12. The molecule has 0 bridgehead atoms. The molecular weight excluding hydrogens is 348 g/mol. The van der Waals surface area contributed by atoms with Crippen molar-refractivity contribution in [1.82, 2.24) is 20.1 Å². The third-order valence-electron chi connectivity index (χ3n) is 5.22. The minimum atomic E-state index is 0.108. The van der Waals surface area contributed by atoms with Crippen LogP contribution in [-0.4, -0.2) is 27.2 Å². The number of aromatic nitrogens is 3. The van der Waals surface area contributed by atoms with Crippen LogP contribution in [0.2, 0.25) is 0 Å². The van der Waals surface area contributed by atoms with Crippen molar-refractivity contribution in [2.45, 2.75) is 53.9 Å². The highest BCUT2D eigenvalue weighted by Crippen LogP contribution is 2.28. The van der Waals surface area contributed by atoms with E-state index in [1.54, 1.807) is 0 Å². The van der Waals surface area contributed by atoms with E-state index in [9.17, 15) is 4.79 Å². The zero-order valence-electron chi connectivity index (χ0n) is 17.5. The van der Waals surface area contributed by atoms with Crippen molar-refractivity contribution < 1.29 is 4.79 Å². The Morgan fingerprint density at radius 2 is 1.82 bits per heavy atom. The fourth-order valence-electron chi connectivity index (χ4n) is 3.65. The highest BCUT2D eigenvalue weighted by Gasteiger charge is 2.18. The van der Waals surface area contributed by atoms with Crippen LogP contribution >= 0.6 is 0 Å². The summed E-state index contributed by atoms with van der Waals surface area (Å²) in [7, 11) is 0. The summed E-state index contributed by atoms with van der Waals surface area (Å²) >= 11 is 0. The topological polar surface area (TPSA) is 59.8 Å². The van der Waals surface area contributed by atoms with Crippen LogP contribution in [0.4, 0.5) is 0 Å². The molecule has 148 valence electrons.